The minimum atomic E-state index is 0.855. The Morgan fingerprint density at radius 1 is 0.556 bits per heavy atom. The van der Waals surface area contributed by atoms with Crippen molar-refractivity contribution < 1.29 is 0 Å². The summed E-state index contributed by atoms with van der Waals surface area (Å²) < 4.78 is 0. The molecule has 212 valence electrons. The van der Waals surface area contributed by atoms with E-state index in [0.29, 0.717) is 0 Å². The first-order valence-electron chi connectivity index (χ1n) is 17.1. The van der Waals surface area contributed by atoms with Crippen molar-refractivity contribution in [3.05, 3.63) is 0 Å². The van der Waals surface area contributed by atoms with E-state index in [0.717, 1.165) is 76.9 Å². The Kier molecular flexibility index (Phi) is 12.2. The highest BCUT2D eigenvalue weighted by Crippen LogP contribution is 2.51. The van der Waals surface area contributed by atoms with Gasteiger partial charge in [-0.3, -0.25) is 0 Å². The maximum absolute atomic E-state index is 2.66. The largest absolute Gasteiger partial charge is 0.0654 e. The van der Waals surface area contributed by atoms with E-state index < -0.39 is 0 Å². The molecule has 3 fully saturated rings. The molecule has 0 saturated heterocycles. The summed E-state index contributed by atoms with van der Waals surface area (Å²) in [6, 6.07) is 0. The van der Waals surface area contributed by atoms with Crippen LogP contribution in [0.25, 0.3) is 0 Å². The molecule has 0 aliphatic heterocycles. The van der Waals surface area contributed by atoms with E-state index in [4.69, 9.17) is 0 Å². The lowest BCUT2D eigenvalue weighted by Crippen LogP contribution is -2.40. The van der Waals surface area contributed by atoms with Crippen LogP contribution < -0.4 is 0 Å². The van der Waals surface area contributed by atoms with Crippen molar-refractivity contribution >= 4 is 0 Å². The van der Waals surface area contributed by atoms with Crippen molar-refractivity contribution in [2.45, 2.75) is 152 Å². The number of hydrogen-bond donors (Lipinski definition) is 0. The lowest BCUT2D eigenvalue weighted by Gasteiger charge is -2.48. The average molecular weight is 501 g/mol. The molecule has 11 atom stereocenters. The predicted molar refractivity (Wildman–Crippen MR) is 161 cm³/mol. The van der Waals surface area contributed by atoms with Crippen LogP contribution in [0.5, 0.6) is 0 Å². The summed E-state index contributed by atoms with van der Waals surface area (Å²) in [7, 11) is 0. The Labute approximate surface area is 228 Å². The van der Waals surface area contributed by atoms with Gasteiger partial charge in [-0.25, -0.2) is 0 Å². The lowest BCUT2D eigenvalue weighted by molar-refractivity contribution is 0.0128. The Hall–Kier alpha value is 0. The van der Waals surface area contributed by atoms with Gasteiger partial charge in [0.05, 0.1) is 0 Å². The van der Waals surface area contributed by atoms with Crippen molar-refractivity contribution in [3.63, 3.8) is 0 Å². The molecule has 0 aromatic rings. The fourth-order valence-corrected chi connectivity index (χ4v) is 10.4. The van der Waals surface area contributed by atoms with Crippen molar-refractivity contribution in [1.29, 1.82) is 0 Å². The quantitative estimate of drug-likeness (QED) is 0.247. The minimum absolute atomic E-state index is 0.855. The Morgan fingerprint density at radius 2 is 1.08 bits per heavy atom. The zero-order chi connectivity index (χ0) is 26.4. The third kappa shape index (κ3) is 8.01. The van der Waals surface area contributed by atoms with E-state index in [1.807, 2.05) is 0 Å². The summed E-state index contributed by atoms with van der Waals surface area (Å²) >= 11 is 0. The minimum Gasteiger partial charge on any atom is -0.0654 e. The predicted octanol–water partition coefficient (Wildman–Crippen LogP) is 11.7. The molecule has 0 aromatic heterocycles. The fraction of sp³-hybridized carbons (Fsp3) is 1.00. The van der Waals surface area contributed by atoms with E-state index in [-0.39, 0.29) is 0 Å². The van der Waals surface area contributed by atoms with Crippen LogP contribution in [-0.2, 0) is 0 Å². The van der Waals surface area contributed by atoms with Crippen molar-refractivity contribution in [1.82, 2.24) is 0 Å². The molecule has 0 aromatic carbocycles. The fourth-order valence-electron chi connectivity index (χ4n) is 10.4. The van der Waals surface area contributed by atoms with Gasteiger partial charge in [-0.05, 0) is 115 Å². The SMILES string of the molecule is CCCCCC[C@@H]1CC[C@H](C2[C@H](C)CC(CCC3C[C@H](C(C)C)C(C)[C@H](C(C)C)C3)C[C@@H]2C)[C@H](C)C1. The molecule has 0 spiro atoms. The van der Waals surface area contributed by atoms with Gasteiger partial charge in [0, 0.05) is 0 Å². The zero-order valence-electron chi connectivity index (χ0n) is 26.4. The first kappa shape index (κ1) is 30.5. The van der Waals surface area contributed by atoms with Crippen LogP contribution >= 0.6 is 0 Å². The van der Waals surface area contributed by atoms with Crippen molar-refractivity contribution in [3.8, 4) is 0 Å². The summed E-state index contributed by atoms with van der Waals surface area (Å²) in [5, 5.41) is 0. The van der Waals surface area contributed by atoms with Crippen LogP contribution in [0.2, 0.25) is 0 Å². The summed E-state index contributed by atoms with van der Waals surface area (Å²) in [6.45, 7) is 22.8. The molecule has 4 unspecified atom stereocenters. The second kappa shape index (κ2) is 14.4. The molecule has 0 nitrogen and oxygen atoms in total. The number of hydrogen-bond acceptors (Lipinski definition) is 0. The van der Waals surface area contributed by atoms with Gasteiger partial charge in [-0.15, -0.1) is 0 Å². The molecule has 3 saturated carbocycles. The van der Waals surface area contributed by atoms with Crippen LogP contribution in [0.1, 0.15) is 152 Å². The van der Waals surface area contributed by atoms with Gasteiger partial charge < -0.3 is 0 Å². The van der Waals surface area contributed by atoms with E-state index in [1.54, 1.807) is 0 Å². The monoisotopic (exact) mass is 501 g/mol. The van der Waals surface area contributed by atoms with Crippen LogP contribution in [0.15, 0.2) is 0 Å². The summed E-state index contributed by atoms with van der Waals surface area (Å²) in [5.41, 5.74) is 0. The third-order valence-corrected chi connectivity index (χ3v) is 12.3. The summed E-state index contributed by atoms with van der Waals surface area (Å²) in [4.78, 5) is 0. The van der Waals surface area contributed by atoms with E-state index in [2.05, 4.69) is 62.3 Å². The van der Waals surface area contributed by atoms with Crippen LogP contribution in [0.3, 0.4) is 0 Å². The average Bonchev–Trinajstić information content (AvgIpc) is 2.81. The topological polar surface area (TPSA) is 0 Å². The normalized spacial score (nSPS) is 42.2. The molecule has 3 aliphatic rings. The van der Waals surface area contributed by atoms with Crippen molar-refractivity contribution in [2.24, 2.45) is 76.9 Å². The first-order chi connectivity index (χ1) is 17.1. The highest BCUT2D eigenvalue weighted by Gasteiger charge is 2.42. The van der Waals surface area contributed by atoms with Crippen LogP contribution in [-0.4, -0.2) is 0 Å². The Bertz CT molecular complexity index is 573. The molecule has 0 heteroatoms. The molecule has 0 amide bonds. The van der Waals surface area contributed by atoms with E-state index >= 15 is 0 Å². The van der Waals surface area contributed by atoms with Gasteiger partial charge in [-0.2, -0.15) is 0 Å². The highest BCUT2D eigenvalue weighted by atomic mass is 14.5. The molecule has 0 N–H and O–H groups in total. The van der Waals surface area contributed by atoms with Gasteiger partial charge in [-0.1, -0.05) is 114 Å². The molecule has 0 heterocycles. The zero-order valence-corrected chi connectivity index (χ0v) is 26.4. The maximum Gasteiger partial charge on any atom is -0.0332 e. The molecule has 3 rings (SSSR count). The van der Waals surface area contributed by atoms with Gasteiger partial charge >= 0.3 is 0 Å². The Balaban J connectivity index is 1.48. The van der Waals surface area contributed by atoms with Gasteiger partial charge in [0.2, 0.25) is 0 Å². The standard InChI is InChI=1S/C36H68/c1-10-11-12-13-14-30-17-18-33(26(6)19-30)36-27(7)20-31(21-28(36)8)15-16-32-22-34(24(2)3)29(9)35(23-32)25(4)5/h24-36H,10-23H2,1-9H3/t26-,27-,28+,29?,30-,31?,32?,33+,34-,35+,36?/m1/s1. The summed E-state index contributed by atoms with van der Waals surface area (Å²) in [5.74, 6) is 12.5. The van der Waals surface area contributed by atoms with E-state index in [9.17, 15) is 0 Å². The third-order valence-electron chi connectivity index (χ3n) is 12.3. The summed E-state index contributed by atoms with van der Waals surface area (Å²) in [6.07, 6.45) is 21.0. The molecular weight excluding hydrogens is 432 g/mol. The molecule has 36 heavy (non-hydrogen) atoms. The second-order valence-electron chi connectivity index (χ2n) is 15.6. The Morgan fingerprint density at radius 3 is 1.58 bits per heavy atom. The lowest BCUT2D eigenvalue weighted by atomic mass is 9.57. The molecule has 0 radical (unpaired) electrons. The maximum atomic E-state index is 2.66. The highest BCUT2D eigenvalue weighted by molar-refractivity contribution is 4.92. The molecular formula is C36H68. The van der Waals surface area contributed by atoms with Gasteiger partial charge in [0.1, 0.15) is 0 Å². The van der Waals surface area contributed by atoms with Crippen molar-refractivity contribution in [2.75, 3.05) is 0 Å². The molecule has 0 bridgehead atoms. The van der Waals surface area contributed by atoms with E-state index in [1.165, 1.54) is 89.9 Å². The number of rotatable bonds is 11. The number of unbranched alkanes of at least 4 members (excludes halogenated alkanes) is 3. The second-order valence-corrected chi connectivity index (χ2v) is 15.6. The van der Waals surface area contributed by atoms with Crippen LogP contribution in [0.4, 0.5) is 0 Å². The smallest absolute Gasteiger partial charge is 0.0332 e. The van der Waals surface area contributed by atoms with Crippen LogP contribution in [0, 0.1) is 76.9 Å². The van der Waals surface area contributed by atoms with Gasteiger partial charge in [0.25, 0.3) is 0 Å². The first-order valence-corrected chi connectivity index (χ1v) is 17.1. The molecule has 3 aliphatic carbocycles. The van der Waals surface area contributed by atoms with Gasteiger partial charge in [0.15, 0.2) is 0 Å².